The summed E-state index contributed by atoms with van der Waals surface area (Å²) in [4.78, 5) is 24.6. The number of aliphatic hydroxyl groups is 2. The average molecular weight is 1130 g/mol. The lowest BCUT2D eigenvalue weighted by atomic mass is 10.0. The van der Waals surface area contributed by atoms with Crippen LogP contribution < -0.4 is 5.32 Å². The predicted octanol–water partition coefficient (Wildman–Crippen LogP) is 23.7. The molecule has 1 amide bonds. The highest BCUT2D eigenvalue weighted by Crippen LogP contribution is 2.20. The Bertz CT molecular complexity index is 1250. The summed E-state index contributed by atoms with van der Waals surface area (Å²) in [5.41, 5.74) is 0. The molecular formula is C74H143NO5. The van der Waals surface area contributed by atoms with Crippen LogP contribution in [0.1, 0.15) is 412 Å². The molecule has 3 N–H and O–H groups in total. The molecule has 0 aliphatic carbocycles. The molecule has 2 atom stereocenters. The number of allylic oxidation sites excluding steroid dienone is 4. The van der Waals surface area contributed by atoms with Crippen LogP contribution in [0.3, 0.4) is 0 Å². The van der Waals surface area contributed by atoms with E-state index in [1.54, 1.807) is 0 Å². The van der Waals surface area contributed by atoms with Crippen LogP contribution in [-0.4, -0.2) is 47.4 Å². The Morgan fingerprint density at radius 1 is 0.350 bits per heavy atom. The Balaban J connectivity index is 3.30. The van der Waals surface area contributed by atoms with Crippen LogP contribution in [0.5, 0.6) is 0 Å². The maximum absolute atomic E-state index is 12.5. The summed E-state index contributed by atoms with van der Waals surface area (Å²) in [6.45, 7) is 4.94. The van der Waals surface area contributed by atoms with Gasteiger partial charge in [-0.25, -0.2) is 0 Å². The van der Waals surface area contributed by atoms with Gasteiger partial charge in [0.25, 0.3) is 0 Å². The number of rotatable bonds is 69. The van der Waals surface area contributed by atoms with Gasteiger partial charge < -0.3 is 20.3 Å². The molecule has 0 aromatic carbocycles. The number of carbonyl (C=O) groups excluding carboxylic acids is 2. The fraction of sp³-hybridized carbons (Fsp3) is 0.919. The number of nitrogens with one attached hydrogen (secondary N) is 1. The molecule has 0 aliphatic heterocycles. The lowest BCUT2D eigenvalue weighted by Gasteiger charge is -2.22. The van der Waals surface area contributed by atoms with Gasteiger partial charge in [-0.2, -0.15) is 0 Å². The van der Waals surface area contributed by atoms with Gasteiger partial charge in [0, 0.05) is 12.8 Å². The standard InChI is InChI=1S/C74H143NO5/c1-3-5-7-9-11-13-15-17-42-46-50-54-58-62-66-72(77)71(70-76)75-73(78)67-63-59-55-51-47-43-40-38-36-34-32-30-28-26-24-22-20-19-21-23-25-27-29-31-33-35-37-39-41-45-49-53-57-61-65-69-80-74(79)68-64-60-56-52-48-44-18-16-14-12-10-8-6-4-2/h10,12,16,18,71-72,76-77H,3-9,11,13-15,17,19-70H2,1-2H3,(H,75,78)/b12-10-,18-16-. The molecular weight excluding hydrogens is 983 g/mol. The van der Waals surface area contributed by atoms with E-state index in [4.69, 9.17) is 4.74 Å². The van der Waals surface area contributed by atoms with Crippen LogP contribution in [0.2, 0.25) is 0 Å². The van der Waals surface area contributed by atoms with Crippen molar-refractivity contribution < 1.29 is 24.5 Å². The zero-order chi connectivity index (χ0) is 57.8. The van der Waals surface area contributed by atoms with Crippen LogP contribution in [-0.2, 0) is 14.3 Å². The molecule has 6 nitrogen and oxygen atoms in total. The van der Waals surface area contributed by atoms with Crippen molar-refractivity contribution in [3.8, 4) is 0 Å². The Hall–Kier alpha value is -1.66. The van der Waals surface area contributed by atoms with Gasteiger partial charge in [-0.1, -0.05) is 372 Å². The van der Waals surface area contributed by atoms with Crippen molar-refractivity contribution in [1.82, 2.24) is 5.32 Å². The summed E-state index contributed by atoms with van der Waals surface area (Å²) in [5.74, 6) is -0.0184. The number of unbranched alkanes of at least 4 members (excludes halogenated alkanes) is 54. The van der Waals surface area contributed by atoms with Gasteiger partial charge in [0.05, 0.1) is 25.4 Å². The van der Waals surface area contributed by atoms with E-state index in [2.05, 4.69) is 43.5 Å². The highest BCUT2D eigenvalue weighted by atomic mass is 16.5. The van der Waals surface area contributed by atoms with Crippen LogP contribution in [0.4, 0.5) is 0 Å². The Morgan fingerprint density at radius 2 is 0.637 bits per heavy atom. The smallest absolute Gasteiger partial charge is 0.305 e. The second-order valence-electron chi connectivity index (χ2n) is 25.3. The van der Waals surface area contributed by atoms with E-state index < -0.39 is 12.1 Å². The van der Waals surface area contributed by atoms with Crippen molar-refractivity contribution in [2.45, 2.75) is 424 Å². The molecule has 0 radical (unpaired) electrons. The number of ether oxygens (including phenoxy) is 1. The third-order valence-electron chi connectivity index (χ3n) is 17.3. The van der Waals surface area contributed by atoms with E-state index in [9.17, 15) is 19.8 Å². The summed E-state index contributed by atoms with van der Waals surface area (Å²) in [5, 5.41) is 23.3. The Morgan fingerprint density at radius 3 is 0.988 bits per heavy atom. The van der Waals surface area contributed by atoms with Crippen LogP contribution in [0, 0.1) is 0 Å². The molecule has 6 heteroatoms. The van der Waals surface area contributed by atoms with Gasteiger partial charge in [-0.05, 0) is 51.4 Å². The highest BCUT2D eigenvalue weighted by Gasteiger charge is 2.20. The van der Waals surface area contributed by atoms with Crippen LogP contribution in [0.15, 0.2) is 24.3 Å². The molecule has 0 saturated heterocycles. The van der Waals surface area contributed by atoms with E-state index in [1.165, 1.54) is 327 Å². The van der Waals surface area contributed by atoms with E-state index in [0.29, 0.717) is 25.9 Å². The fourth-order valence-electron chi connectivity index (χ4n) is 11.7. The minimum absolute atomic E-state index is 0.00844. The first-order chi connectivity index (χ1) is 39.5. The van der Waals surface area contributed by atoms with Crippen molar-refractivity contribution in [2.24, 2.45) is 0 Å². The molecule has 474 valence electrons. The molecule has 80 heavy (non-hydrogen) atoms. The van der Waals surface area contributed by atoms with Crippen molar-refractivity contribution in [3.63, 3.8) is 0 Å². The maximum Gasteiger partial charge on any atom is 0.305 e. The van der Waals surface area contributed by atoms with Crippen molar-refractivity contribution in [1.29, 1.82) is 0 Å². The van der Waals surface area contributed by atoms with Crippen LogP contribution in [0.25, 0.3) is 0 Å². The van der Waals surface area contributed by atoms with Crippen LogP contribution >= 0.6 is 0 Å². The predicted molar refractivity (Wildman–Crippen MR) is 352 cm³/mol. The van der Waals surface area contributed by atoms with Gasteiger partial charge in [0.1, 0.15) is 0 Å². The minimum Gasteiger partial charge on any atom is -0.466 e. The van der Waals surface area contributed by atoms with Gasteiger partial charge >= 0.3 is 5.97 Å². The number of amides is 1. The summed E-state index contributed by atoms with van der Waals surface area (Å²) >= 11 is 0. The largest absolute Gasteiger partial charge is 0.466 e. The maximum atomic E-state index is 12.5. The van der Waals surface area contributed by atoms with E-state index in [1.807, 2.05) is 0 Å². The van der Waals surface area contributed by atoms with Crippen molar-refractivity contribution in [3.05, 3.63) is 24.3 Å². The first kappa shape index (κ1) is 78.3. The molecule has 0 aliphatic rings. The molecule has 0 fully saturated rings. The average Bonchev–Trinajstić information content (AvgIpc) is 3.46. The Kier molecular flexibility index (Phi) is 68.4. The molecule has 0 spiro atoms. The first-order valence-corrected chi connectivity index (χ1v) is 36.6. The number of carbonyl (C=O) groups is 2. The number of hydrogen-bond donors (Lipinski definition) is 3. The van der Waals surface area contributed by atoms with Gasteiger partial charge in [0.2, 0.25) is 5.91 Å². The van der Waals surface area contributed by atoms with E-state index in [-0.39, 0.29) is 18.5 Å². The monoisotopic (exact) mass is 1130 g/mol. The van der Waals surface area contributed by atoms with Crippen molar-refractivity contribution in [2.75, 3.05) is 13.2 Å². The second-order valence-corrected chi connectivity index (χ2v) is 25.3. The van der Waals surface area contributed by atoms with Gasteiger partial charge in [-0.3, -0.25) is 9.59 Å². The lowest BCUT2D eigenvalue weighted by Crippen LogP contribution is -2.45. The highest BCUT2D eigenvalue weighted by molar-refractivity contribution is 5.76. The van der Waals surface area contributed by atoms with Gasteiger partial charge in [0.15, 0.2) is 0 Å². The molecule has 0 saturated carbocycles. The Labute approximate surface area is 501 Å². The fourth-order valence-corrected chi connectivity index (χ4v) is 11.7. The summed E-state index contributed by atoms with van der Waals surface area (Å²) in [6, 6.07) is -0.536. The summed E-state index contributed by atoms with van der Waals surface area (Å²) in [7, 11) is 0. The topological polar surface area (TPSA) is 95.9 Å². The number of hydrogen-bond acceptors (Lipinski definition) is 5. The molecule has 0 bridgehead atoms. The summed E-state index contributed by atoms with van der Waals surface area (Å²) in [6.07, 6.45) is 88.2. The van der Waals surface area contributed by atoms with Crippen molar-refractivity contribution >= 4 is 11.9 Å². The second kappa shape index (κ2) is 69.8. The molecule has 0 aromatic rings. The van der Waals surface area contributed by atoms with Gasteiger partial charge in [-0.15, -0.1) is 0 Å². The third kappa shape index (κ3) is 65.5. The zero-order valence-electron chi connectivity index (χ0n) is 54.3. The first-order valence-electron chi connectivity index (χ1n) is 36.6. The molecule has 0 rings (SSSR count). The van der Waals surface area contributed by atoms with E-state index in [0.717, 1.165) is 51.4 Å². The minimum atomic E-state index is -0.659. The SMILES string of the molecule is CCCC/C=C\C/C=C\CCCCCCCC(=O)OCCCCCCCCCCCCCCCCCCCCCCCCCCCCCCCCCCCCCC(=O)NC(CO)C(O)CCCCCCCCCCCCCCCC. The molecule has 2 unspecified atom stereocenters. The molecule has 0 heterocycles. The zero-order valence-corrected chi connectivity index (χ0v) is 54.3. The lowest BCUT2D eigenvalue weighted by molar-refractivity contribution is -0.143. The van der Waals surface area contributed by atoms with E-state index >= 15 is 0 Å². The number of aliphatic hydroxyl groups excluding tert-OH is 2. The molecule has 0 aromatic heterocycles. The summed E-state index contributed by atoms with van der Waals surface area (Å²) < 4.78 is 5.49. The number of esters is 1. The third-order valence-corrected chi connectivity index (χ3v) is 17.3. The quantitative estimate of drug-likeness (QED) is 0.0320. The normalized spacial score (nSPS) is 12.6.